The SMILES string of the molecule is C#CCN1C(=O)S/C(=C\c2cc([N+](=O)[O-])ccc2N2CCOCC2)C1=O. The van der Waals surface area contributed by atoms with Crippen molar-refractivity contribution in [1.29, 1.82) is 0 Å². The first-order valence-corrected chi connectivity index (χ1v) is 8.63. The van der Waals surface area contributed by atoms with Gasteiger partial charge in [-0.05, 0) is 23.9 Å². The summed E-state index contributed by atoms with van der Waals surface area (Å²) >= 11 is 0.776. The van der Waals surface area contributed by atoms with Crippen LogP contribution in [0.2, 0.25) is 0 Å². The summed E-state index contributed by atoms with van der Waals surface area (Å²) < 4.78 is 5.33. The Kier molecular flexibility index (Phi) is 5.25. The molecule has 2 heterocycles. The lowest BCUT2D eigenvalue weighted by Gasteiger charge is -2.30. The third kappa shape index (κ3) is 3.56. The highest BCUT2D eigenvalue weighted by atomic mass is 32.2. The van der Waals surface area contributed by atoms with Crippen molar-refractivity contribution in [1.82, 2.24) is 4.90 Å². The van der Waals surface area contributed by atoms with Gasteiger partial charge in [-0.25, -0.2) is 0 Å². The number of amides is 2. The van der Waals surface area contributed by atoms with Crippen molar-refractivity contribution in [3.05, 3.63) is 38.8 Å². The average molecular weight is 373 g/mol. The van der Waals surface area contributed by atoms with Crippen LogP contribution < -0.4 is 4.90 Å². The van der Waals surface area contributed by atoms with E-state index < -0.39 is 16.1 Å². The lowest BCUT2D eigenvalue weighted by Crippen LogP contribution is -2.36. The molecule has 0 aromatic heterocycles. The Morgan fingerprint density at radius 2 is 2.08 bits per heavy atom. The summed E-state index contributed by atoms with van der Waals surface area (Å²) in [5.74, 6) is 1.79. The molecule has 3 rings (SSSR count). The second-order valence-corrected chi connectivity index (χ2v) is 6.56. The molecule has 0 aliphatic carbocycles. The summed E-state index contributed by atoms with van der Waals surface area (Å²) in [4.78, 5) is 38.1. The van der Waals surface area contributed by atoms with E-state index in [1.807, 2.05) is 4.90 Å². The van der Waals surface area contributed by atoms with Crippen LogP contribution in [0.4, 0.5) is 16.2 Å². The first-order valence-electron chi connectivity index (χ1n) is 7.81. The molecule has 26 heavy (non-hydrogen) atoms. The van der Waals surface area contributed by atoms with E-state index in [0.717, 1.165) is 22.3 Å². The summed E-state index contributed by atoms with van der Waals surface area (Å²) in [5, 5.41) is 10.7. The Labute approximate surface area is 153 Å². The maximum absolute atomic E-state index is 12.4. The second-order valence-electron chi connectivity index (χ2n) is 5.57. The van der Waals surface area contributed by atoms with Crippen LogP contribution in [0.5, 0.6) is 0 Å². The van der Waals surface area contributed by atoms with Gasteiger partial charge in [0.25, 0.3) is 16.8 Å². The van der Waals surface area contributed by atoms with Crippen LogP contribution in [0.25, 0.3) is 6.08 Å². The first-order chi connectivity index (χ1) is 12.5. The molecule has 134 valence electrons. The normalized spacial score (nSPS) is 19.1. The smallest absolute Gasteiger partial charge is 0.294 e. The number of nitro benzene ring substituents is 1. The van der Waals surface area contributed by atoms with Crippen molar-refractivity contribution in [3.8, 4) is 12.3 Å². The van der Waals surface area contributed by atoms with E-state index in [0.29, 0.717) is 31.9 Å². The van der Waals surface area contributed by atoms with Crippen LogP contribution in [0.1, 0.15) is 5.56 Å². The number of imide groups is 1. The molecule has 0 bridgehead atoms. The Morgan fingerprint density at radius 3 is 2.73 bits per heavy atom. The highest BCUT2D eigenvalue weighted by Gasteiger charge is 2.34. The molecule has 0 unspecified atom stereocenters. The van der Waals surface area contributed by atoms with Gasteiger partial charge in [0.1, 0.15) is 0 Å². The van der Waals surface area contributed by atoms with E-state index in [1.54, 1.807) is 6.07 Å². The lowest BCUT2D eigenvalue weighted by molar-refractivity contribution is -0.384. The summed E-state index contributed by atoms with van der Waals surface area (Å²) in [6.07, 6.45) is 6.70. The number of anilines is 1. The summed E-state index contributed by atoms with van der Waals surface area (Å²) in [6, 6.07) is 4.48. The third-order valence-corrected chi connectivity index (χ3v) is 4.89. The number of thioether (sulfide) groups is 1. The van der Waals surface area contributed by atoms with Crippen LogP contribution in [0, 0.1) is 22.5 Å². The molecule has 0 N–H and O–H groups in total. The topological polar surface area (TPSA) is 93.0 Å². The van der Waals surface area contributed by atoms with Gasteiger partial charge in [0.15, 0.2) is 0 Å². The zero-order valence-electron chi connectivity index (χ0n) is 13.7. The Hall–Kier alpha value is -2.83. The Bertz CT molecular complexity index is 839. The molecule has 0 spiro atoms. The number of morpholine rings is 1. The molecule has 0 atom stereocenters. The minimum Gasteiger partial charge on any atom is -0.378 e. The van der Waals surface area contributed by atoms with Crippen LogP contribution in [0.3, 0.4) is 0 Å². The van der Waals surface area contributed by atoms with Gasteiger partial charge in [-0.3, -0.25) is 24.6 Å². The minimum absolute atomic E-state index is 0.0869. The maximum atomic E-state index is 12.4. The number of rotatable bonds is 4. The molecule has 1 aromatic rings. The van der Waals surface area contributed by atoms with Crippen molar-refractivity contribution in [3.63, 3.8) is 0 Å². The standard InChI is InChI=1S/C17H15N3O5S/c1-2-5-19-16(21)15(26-17(19)22)11-12-10-13(20(23)24)3-4-14(12)18-6-8-25-9-7-18/h1,3-4,10-11H,5-9H2/b15-11-. The first kappa shape index (κ1) is 18.0. The van der Waals surface area contributed by atoms with Gasteiger partial charge in [-0.2, -0.15) is 0 Å². The number of terminal acetylenes is 1. The van der Waals surface area contributed by atoms with Gasteiger partial charge in [-0.1, -0.05) is 5.92 Å². The number of carbonyl (C=O) groups is 2. The fraction of sp³-hybridized carbons (Fsp3) is 0.294. The van der Waals surface area contributed by atoms with Crippen molar-refractivity contribution in [2.24, 2.45) is 0 Å². The molecule has 2 aliphatic rings. The van der Waals surface area contributed by atoms with Crippen molar-refractivity contribution in [2.75, 3.05) is 37.7 Å². The number of hydrogen-bond donors (Lipinski definition) is 0. The number of carbonyl (C=O) groups excluding carboxylic acids is 2. The molecular formula is C17H15N3O5S. The van der Waals surface area contributed by atoms with E-state index in [1.165, 1.54) is 18.2 Å². The van der Waals surface area contributed by atoms with E-state index >= 15 is 0 Å². The summed E-state index contributed by atoms with van der Waals surface area (Å²) in [6.45, 7) is 2.27. The summed E-state index contributed by atoms with van der Waals surface area (Å²) in [7, 11) is 0. The molecule has 8 nitrogen and oxygen atoms in total. The number of nitrogens with zero attached hydrogens (tertiary/aromatic N) is 3. The zero-order valence-corrected chi connectivity index (χ0v) is 14.5. The molecule has 0 saturated carbocycles. The number of non-ortho nitro benzene ring substituents is 1. The average Bonchev–Trinajstić information content (AvgIpc) is 2.90. The maximum Gasteiger partial charge on any atom is 0.294 e. The largest absolute Gasteiger partial charge is 0.378 e. The Balaban J connectivity index is 2.00. The van der Waals surface area contributed by atoms with Crippen molar-refractivity contribution < 1.29 is 19.2 Å². The number of hydrogen-bond acceptors (Lipinski definition) is 7. The highest BCUT2D eigenvalue weighted by molar-refractivity contribution is 8.18. The van der Waals surface area contributed by atoms with E-state index in [-0.39, 0.29) is 17.1 Å². The summed E-state index contributed by atoms with van der Waals surface area (Å²) in [5.41, 5.74) is 1.17. The van der Waals surface area contributed by atoms with Crippen molar-refractivity contribution in [2.45, 2.75) is 0 Å². The van der Waals surface area contributed by atoms with E-state index in [9.17, 15) is 19.7 Å². The molecule has 9 heteroatoms. The van der Waals surface area contributed by atoms with Gasteiger partial charge in [0.2, 0.25) is 0 Å². The predicted molar refractivity (Wildman–Crippen MR) is 97.6 cm³/mol. The molecule has 2 aliphatic heterocycles. The van der Waals surface area contributed by atoms with Gasteiger partial charge in [0, 0.05) is 36.5 Å². The number of ether oxygens (including phenoxy) is 1. The van der Waals surface area contributed by atoms with Crippen LogP contribution >= 0.6 is 11.8 Å². The third-order valence-electron chi connectivity index (χ3n) is 3.98. The lowest BCUT2D eigenvalue weighted by atomic mass is 10.1. The van der Waals surface area contributed by atoms with E-state index in [4.69, 9.17) is 11.2 Å². The predicted octanol–water partition coefficient (Wildman–Crippen LogP) is 2.10. The fourth-order valence-corrected chi connectivity index (χ4v) is 3.56. The molecule has 2 saturated heterocycles. The second kappa shape index (κ2) is 7.59. The van der Waals surface area contributed by atoms with Gasteiger partial charge < -0.3 is 9.64 Å². The number of benzene rings is 1. The van der Waals surface area contributed by atoms with E-state index in [2.05, 4.69) is 5.92 Å². The minimum atomic E-state index is -0.496. The molecule has 2 fully saturated rings. The van der Waals surface area contributed by atoms with Gasteiger partial charge >= 0.3 is 0 Å². The highest BCUT2D eigenvalue weighted by Crippen LogP contribution is 2.35. The van der Waals surface area contributed by atoms with Crippen LogP contribution in [0.15, 0.2) is 23.1 Å². The quantitative estimate of drug-likeness (QED) is 0.345. The molecule has 1 aromatic carbocycles. The molecule has 2 amide bonds. The molecule has 0 radical (unpaired) electrons. The fourth-order valence-electron chi connectivity index (χ4n) is 2.73. The van der Waals surface area contributed by atoms with Gasteiger partial charge in [0.05, 0.1) is 29.6 Å². The van der Waals surface area contributed by atoms with Crippen molar-refractivity contribution >= 4 is 40.4 Å². The Morgan fingerprint density at radius 1 is 1.35 bits per heavy atom. The van der Waals surface area contributed by atoms with Gasteiger partial charge in [-0.15, -0.1) is 6.42 Å². The monoisotopic (exact) mass is 373 g/mol. The molecular weight excluding hydrogens is 358 g/mol. The zero-order chi connectivity index (χ0) is 18.7. The number of nitro groups is 1. The van der Waals surface area contributed by atoms with Crippen LogP contribution in [-0.2, 0) is 9.53 Å². The van der Waals surface area contributed by atoms with Crippen LogP contribution in [-0.4, -0.2) is 53.8 Å².